The highest BCUT2D eigenvalue weighted by Crippen LogP contribution is 2.25. The van der Waals surface area contributed by atoms with Gasteiger partial charge < -0.3 is 10.0 Å². The third-order valence-electron chi connectivity index (χ3n) is 3.45. The van der Waals surface area contributed by atoms with Crippen molar-refractivity contribution in [3.05, 3.63) is 29.7 Å². The van der Waals surface area contributed by atoms with Crippen LogP contribution < -0.4 is 0 Å². The minimum absolute atomic E-state index is 0.197. The molecule has 2 aromatic rings. The molecule has 94 valence electrons. The molecule has 1 unspecified atom stereocenters. The number of carboxylic acids is 1. The maximum Gasteiger partial charge on any atom is 0.339 e. The van der Waals surface area contributed by atoms with Crippen molar-refractivity contribution in [2.24, 2.45) is 0 Å². The zero-order valence-corrected chi connectivity index (χ0v) is 10.1. The predicted octanol–water partition coefficient (Wildman–Crippen LogP) is 0.847. The number of likely N-dealkylation sites (N-methyl/N-ethyl adjacent to an activating group) is 1. The monoisotopic (exact) mass is 246 g/mol. The second-order valence-electron chi connectivity index (χ2n) is 4.73. The highest BCUT2D eigenvalue weighted by atomic mass is 16.4. The predicted molar refractivity (Wildman–Crippen MR) is 64.8 cm³/mol. The number of hydrogen-bond acceptors (Lipinski definition) is 4. The van der Waals surface area contributed by atoms with E-state index in [4.69, 9.17) is 5.11 Å². The molecular weight excluding hydrogens is 232 g/mol. The lowest BCUT2D eigenvalue weighted by Gasteiger charge is -2.08. The number of aromatic carboxylic acids is 1. The lowest BCUT2D eigenvalue weighted by molar-refractivity contribution is 0.0698. The minimum atomic E-state index is -0.969. The minimum Gasteiger partial charge on any atom is -0.478 e. The number of pyridine rings is 1. The van der Waals surface area contributed by atoms with Gasteiger partial charge in [0.2, 0.25) is 0 Å². The van der Waals surface area contributed by atoms with Gasteiger partial charge >= 0.3 is 5.97 Å². The Morgan fingerprint density at radius 3 is 3.00 bits per heavy atom. The number of hydrogen-bond donors (Lipinski definition) is 1. The highest BCUT2D eigenvalue weighted by molar-refractivity contribution is 5.94. The Morgan fingerprint density at radius 1 is 1.50 bits per heavy atom. The molecule has 1 aliphatic heterocycles. The summed E-state index contributed by atoms with van der Waals surface area (Å²) in [7, 11) is 2.08. The molecule has 0 spiro atoms. The van der Waals surface area contributed by atoms with Gasteiger partial charge in [-0.15, -0.1) is 10.2 Å². The molecule has 0 amide bonds. The van der Waals surface area contributed by atoms with Gasteiger partial charge in [0.25, 0.3) is 0 Å². The average Bonchev–Trinajstić information content (AvgIpc) is 2.93. The van der Waals surface area contributed by atoms with Crippen LogP contribution in [0.5, 0.6) is 0 Å². The second kappa shape index (κ2) is 4.06. The number of fused-ring (bicyclic) bond motifs is 1. The summed E-state index contributed by atoms with van der Waals surface area (Å²) in [4.78, 5) is 13.4. The number of nitrogens with zero attached hydrogens (tertiary/aromatic N) is 4. The van der Waals surface area contributed by atoms with E-state index in [1.54, 1.807) is 16.5 Å². The van der Waals surface area contributed by atoms with Crippen LogP contribution in [0.3, 0.4) is 0 Å². The van der Waals surface area contributed by atoms with E-state index in [9.17, 15) is 4.79 Å². The zero-order valence-electron chi connectivity index (χ0n) is 10.1. The molecule has 6 nitrogen and oxygen atoms in total. The Hall–Kier alpha value is -1.95. The van der Waals surface area contributed by atoms with Gasteiger partial charge in [-0.2, -0.15) is 0 Å². The number of carboxylic acid groups (broad SMARTS) is 1. The van der Waals surface area contributed by atoms with Crippen LogP contribution in [0.4, 0.5) is 0 Å². The molecule has 0 bridgehead atoms. The van der Waals surface area contributed by atoms with Crippen LogP contribution in [0, 0.1) is 0 Å². The first kappa shape index (κ1) is 11.2. The first-order chi connectivity index (χ1) is 8.66. The fraction of sp³-hybridized carbons (Fsp3) is 0.417. The smallest absolute Gasteiger partial charge is 0.339 e. The standard InChI is InChI=1S/C12H14N4O2/c1-15-6-4-8(7-15)10-13-14-11-9(12(17)18)3-2-5-16(10)11/h2-3,5,8H,4,6-7H2,1H3,(H,17,18). The molecule has 0 aromatic carbocycles. The summed E-state index contributed by atoms with van der Waals surface area (Å²) in [5.74, 6) is 0.217. The summed E-state index contributed by atoms with van der Waals surface area (Å²) in [5, 5.41) is 17.3. The fourth-order valence-corrected chi connectivity index (χ4v) is 2.52. The van der Waals surface area contributed by atoms with Gasteiger partial charge in [0.15, 0.2) is 5.65 Å². The molecule has 3 heterocycles. The molecule has 1 saturated heterocycles. The molecule has 1 fully saturated rings. The largest absolute Gasteiger partial charge is 0.478 e. The lowest BCUT2D eigenvalue weighted by Crippen LogP contribution is -2.14. The second-order valence-corrected chi connectivity index (χ2v) is 4.73. The highest BCUT2D eigenvalue weighted by Gasteiger charge is 2.26. The fourth-order valence-electron chi connectivity index (χ4n) is 2.52. The average molecular weight is 246 g/mol. The van der Waals surface area contributed by atoms with Gasteiger partial charge in [0, 0.05) is 18.7 Å². The van der Waals surface area contributed by atoms with Crippen molar-refractivity contribution in [1.82, 2.24) is 19.5 Å². The van der Waals surface area contributed by atoms with Crippen LogP contribution in [0.2, 0.25) is 0 Å². The summed E-state index contributed by atoms with van der Waals surface area (Å²) < 4.78 is 1.80. The van der Waals surface area contributed by atoms with E-state index < -0.39 is 5.97 Å². The Balaban J connectivity index is 2.10. The van der Waals surface area contributed by atoms with Gasteiger partial charge in [-0.3, -0.25) is 4.40 Å². The first-order valence-corrected chi connectivity index (χ1v) is 5.92. The Labute approximate surface area is 104 Å². The van der Waals surface area contributed by atoms with E-state index in [0.717, 1.165) is 25.3 Å². The molecule has 0 radical (unpaired) electrons. The molecule has 0 saturated carbocycles. The van der Waals surface area contributed by atoms with E-state index >= 15 is 0 Å². The number of aromatic nitrogens is 3. The molecule has 3 rings (SSSR count). The van der Waals surface area contributed by atoms with Crippen molar-refractivity contribution in [3.8, 4) is 0 Å². The summed E-state index contributed by atoms with van der Waals surface area (Å²) in [5.41, 5.74) is 0.622. The summed E-state index contributed by atoms with van der Waals surface area (Å²) in [6.45, 7) is 1.98. The third kappa shape index (κ3) is 1.65. The molecular formula is C12H14N4O2. The molecule has 1 N–H and O–H groups in total. The Morgan fingerprint density at radius 2 is 2.33 bits per heavy atom. The van der Waals surface area contributed by atoms with Crippen LogP contribution in [-0.4, -0.2) is 50.7 Å². The van der Waals surface area contributed by atoms with Crippen LogP contribution >= 0.6 is 0 Å². The summed E-state index contributed by atoms with van der Waals surface area (Å²) >= 11 is 0. The third-order valence-corrected chi connectivity index (χ3v) is 3.45. The molecule has 0 aliphatic carbocycles. The van der Waals surface area contributed by atoms with E-state index in [1.165, 1.54) is 0 Å². The molecule has 1 aliphatic rings. The summed E-state index contributed by atoms with van der Waals surface area (Å²) in [6.07, 6.45) is 2.87. The van der Waals surface area contributed by atoms with Crippen LogP contribution in [0.15, 0.2) is 18.3 Å². The topological polar surface area (TPSA) is 70.7 Å². The van der Waals surface area contributed by atoms with Crippen molar-refractivity contribution >= 4 is 11.6 Å². The van der Waals surface area contributed by atoms with Gasteiger partial charge in [-0.25, -0.2) is 4.79 Å². The zero-order chi connectivity index (χ0) is 12.7. The molecule has 6 heteroatoms. The maximum atomic E-state index is 11.1. The van der Waals surface area contributed by atoms with Gasteiger partial charge in [0.05, 0.1) is 0 Å². The van der Waals surface area contributed by atoms with E-state index in [1.807, 2.05) is 6.20 Å². The van der Waals surface area contributed by atoms with Crippen LogP contribution in [-0.2, 0) is 0 Å². The van der Waals surface area contributed by atoms with E-state index in [0.29, 0.717) is 11.6 Å². The van der Waals surface area contributed by atoms with Crippen LogP contribution in [0.1, 0.15) is 28.5 Å². The van der Waals surface area contributed by atoms with Gasteiger partial charge in [-0.05, 0) is 32.1 Å². The Bertz CT molecular complexity index is 607. The van der Waals surface area contributed by atoms with Crippen LogP contribution in [0.25, 0.3) is 5.65 Å². The van der Waals surface area contributed by atoms with Crippen molar-refractivity contribution in [1.29, 1.82) is 0 Å². The lowest BCUT2D eigenvalue weighted by atomic mass is 10.1. The van der Waals surface area contributed by atoms with Crippen molar-refractivity contribution in [3.63, 3.8) is 0 Å². The first-order valence-electron chi connectivity index (χ1n) is 5.92. The summed E-state index contributed by atoms with van der Waals surface area (Å²) in [6, 6.07) is 3.28. The number of rotatable bonds is 2. The van der Waals surface area contributed by atoms with E-state index in [2.05, 4.69) is 22.1 Å². The van der Waals surface area contributed by atoms with E-state index in [-0.39, 0.29) is 5.56 Å². The quantitative estimate of drug-likeness (QED) is 0.850. The Kier molecular flexibility index (Phi) is 2.52. The van der Waals surface area contributed by atoms with Gasteiger partial charge in [0.1, 0.15) is 11.4 Å². The molecule has 2 aromatic heterocycles. The number of carbonyl (C=O) groups is 1. The number of likely N-dealkylation sites (tertiary alicyclic amines) is 1. The normalized spacial score (nSPS) is 20.6. The van der Waals surface area contributed by atoms with Crippen molar-refractivity contribution < 1.29 is 9.90 Å². The van der Waals surface area contributed by atoms with Gasteiger partial charge in [-0.1, -0.05) is 0 Å². The molecule has 1 atom stereocenters. The maximum absolute atomic E-state index is 11.1. The molecule has 18 heavy (non-hydrogen) atoms. The van der Waals surface area contributed by atoms with Crippen molar-refractivity contribution in [2.75, 3.05) is 20.1 Å². The SMILES string of the molecule is CN1CCC(c2nnc3c(C(=O)O)cccn23)C1. The van der Waals surface area contributed by atoms with Crippen molar-refractivity contribution in [2.45, 2.75) is 12.3 Å².